The number of hydrogen-bond donors (Lipinski definition) is 1. The molecule has 0 unspecified atom stereocenters. The van der Waals surface area contributed by atoms with Crippen LogP contribution >= 0.6 is 12.4 Å². The summed E-state index contributed by atoms with van der Waals surface area (Å²) < 4.78 is 56.5. The van der Waals surface area contributed by atoms with Gasteiger partial charge >= 0.3 is 6.36 Å². The molecule has 144 valence electrons. The van der Waals surface area contributed by atoms with E-state index in [1.165, 1.54) is 45.6 Å². The highest BCUT2D eigenvalue weighted by molar-refractivity contribution is 5.85. The molecule has 26 heavy (non-hydrogen) atoms. The standard InChI is InChI=1S/C17H18F3NO4.ClH/c1-22-12-8-13(23-2)15(14(9-12)24-3)16(21)10-4-6-11(7-5-10)25-17(18,19)20;/h4-9,16H,21H2,1-3H3;1H/t16-;/m0./s1. The summed E-state index contributed by atoms with van der Waals surface area (Å²) >= 11 is 0. The lowest BCUT2D eigenvalue weighted by Crippen LogP contribution is -2.17. The summed E-state index contributed by atoms with van der Waals surface area (Å²) in [6.45, 7) is 0. The maximum atomic E-state index is 12.2. The molecule has 2 aromatic carbocycles. The van der Waals surface area contributed by atoms with Gasteiger partial charge in [-0.05, 0) is 17.7 Å². The summed E-state index contributed by atoms with van der Waals surface area (Å²) in [7, 11) is 4.46. The molecule has 0 spiro atoms. The number of methoxy groups -OCH3 is 3. The summed E-state index contributed by atoms with van der Waals surface area (Å²) in [5, 5.41) is 0. The van der Waals surface area contributed by atoms with Crippen LogP contribution in [0.4, 0.5) is 13.2 Å². The van der Waals surface area contributed by atoms with Gasteiger partial charge in [-0.15, -0.1) is 25.6 Å². The zero-order valence-electron chi connectivity index (χ0n) is 14.3. The Morgan fingerprint density at radius 1 is 0.846 bits per heavy atom. The van der Waals surface area contributed by atoms with Gasteiger partial charge in [0.05, 0.1) is 32.9 Å². The Bertz CT molecular complexity index is 698. The van der Waals surface area contributed by atoms with E-state index in [1.54, 1.807) is 12.1 Å². The summed E-state index contributed by atoms with van der Waals surface area (Å²) in [5.41, 5.74) is 7.39. The van der Waals surface area contributed by atoms with Crippen LogP contribution in [0.15, 0.2) is 36.4 Å². The van der Waals surface area contributed by atoms with Crippen LogP contribution in [0.3, 0.4) is 0 Å². The molecule has 0 aliphatic carbocycles. The molecule has 0 aliphatic rings. The van der Waals surface area contributed by atoms with Crippen molar-refractivity contribution in [1.29, 1.82) is 0 Å². The first-order chi connectivity index (χ1) is 11.8. The van der Waals surface area contributed by atoms with Crippen molar-refractivity contribution in [2.75, 3.05) is 21.3 Å². The lowest BCUT2D eigenvalue weighted by molar-refractivity contribution is -0.274. The van der Waals surface area contributed by atoms with Crippen LogP contribution in [0, 0.1) is 0 Å². The molecule has 2 aromatic rings. The zero-order valence-corrected chi connectivity index (χ0v) is 15.1. The first-order valence-corrected chi connectivity index (χ1v) is 7.20. The molecule has 5 nitrogen and oxygen atoms in total. The van der Waals surface area contributed by atoms with Crippen LogP contribution in [0.2, 0.25) is 0 Å². The predicted octanol–water partition coefficient (Wildman–Crippen LogP) is 4.08. The third kappa shape index (κ3) is 5.09. The number of benzene rings is 2. The fraction of sp³-hybridized carbons (Fsp3) is 0.294. The molecule has 0 aliphatic heterocycles. The van der Waals surface area contributed by atoms with E-state index in [-0.39, 0.29) is 18.2 Å². The normalized spacial score (nSPS) is 12.0. The monoisotopic (exact) mass is 393 g/mol. The van der Waals surface area contributed by atoms with Crippen LogP contribution in [0.1, 0.15) is 17.2 Å². The molecule has 2 N–H and O–H groups in total. The molecule has 9 heteroatoms. The second kappa shape index (κ2) is 8.86. The molecule has 0 bridgehead atoms. The van der Waals surface area contributed by atoms with Gasteiger partial charge in [0.15, 0.2) is 0 Å². The van der Waals surface area contributed by atoms with Gasteiger partial charge in [-0.25, -0.2) is 0 Å². The van der Waals surface area contributed by atoms with Crippen molar-refractivity contribution in [2.24, 2.45) is 5.73 Å². The number of hydrogen-bond acceptors (Lipinski definition) is 5. The second-order valence-electron chi connectivity index (χ2n) is 5.04. The minimum atomic E-state index is -4.74. The van der Waals surface area contributed by atoms with Crippen molar-refractivity contribution in [3.8, 4) is 23.0 Å². The van der Waals surface area contributed by atoms with Crippen LogP contribution in [0.25, 0.3) is 0 Å². The second-order valence-corrected chi connectivity index (χ2v) is 5.04. The maximum Gasteiger partial charge on any atom is 0.573 e. The van der Waals surface area contributed by atoms with Crippen molar-refractivity contribution >= 4 is 12.4 Å². The van der Waals surface area contributed by atoms with E-state index in [0.29, 0.717) is 28.4 Å². The molecule has 1 atom stereocenters. The Kier molecular flexibility index (Phi) is 7.41. The molecule has 0 saturated heterocycles. The Labute approximate surface area is 155 Å². The summed E-state index contributed by atoms with van der Waals surface area (Å²) in [6, 6.07) is 7.92. The van der Waals surface area contributed by atoms with E-state index in [4.69, 9.17) is 19.9 Å². The van der Waals surface area contributed by atoms with E-state index in [2.05, 4.69) is 4.74 Å². The van der Waals surface area contributed by atoms with Gasteiger partial charge in [-0.1, -0.05) is 12.1 Å². The fourth-order valence-electron chi connectivity index (χ4n) is 2.38. The fourth-order valence-corrected chi connectivity index (χ4v) is 2.38. The third-order valence-corrected chi connectivity index (χ3v) is 3.54. The first-order valence-electron chi connectivity index (χ1n) is 7.20. The Morgan fingerprint density at radius 2 is 1.35 bits per heavy atom. The minimum absolute atomic E-state index is 0. The molecule has 0 radical (unpaired) electrons. The highest BCUT2D eigenvalue weighted by Gasteiger charge is 2.31. The molecular weight excluding hydrogens is 375 g/mol. The Morgan fingerprint density at radius 3 is 1.73 bits per heavy atom. The smallest absolute Gasteiger partial charge is 0.496 e. The van der Waals surface area contributed by atoms with Gasteiger partial charge < -0.3 is 24.7 Å². The molecule has 0 fully saturated rings. The highest BCUT2D eigenvalue weighted by atomic mass is 35.5. The Hall–Kier alpha value is -2.32. The number of rotatable bonds is 6. The summed E-state index contributed by atoms with van der Waals surface area (Å²) in [4.78, 5) is 0. The molecule has 2 rings (SSSR count). The summed E-state index contributed by atoms with van der Waals surface area (Å²) in [6.07, 6.45) is -4.74. The van der Waals surface area contributed by atoms with E-state index >= 15 is 0 Å². The minimum Gasteiger partial charge on any atom is -0.496 e. The van der Waals surface area contributed by atoms with Crippen molar-refractivity contribution in [3.63, 3.8) is 0 Å². The molecule has 0 aromatic heterocycles. The van der Waals surface area contributed by atoms with E-state index in [9.17, 15) is 13.2 Å². The highest BCUT2D eigenvalue weighted by Crippen LogP contribution is 2.40. The number of halogens is 4. The van der Waals surface area contributed by atoms with Gasteiger partial charge in [0.2, 0.25) is 0 Å². The van der Waals surface area contributed by atoms with Gasteiger partial charge in [0.25, 0.3) is 0 Å². The van der Waals surface area contributed by atoms with Gasteiger partial charge in [0.1, 0.15) is 23.0 Å². The van der Waals surface area contributed by atoms with Crippen molar-refractivity contribution in [3.05, 3.63) is 47.5 Å². The predicted molar refractivity (Wildman–Crippen MR) is 92.5 cm³/mol. The van der Waals surface area contributed by atoms with Crippen molar-refractivity contribution < 1.29 is 32.1 Å². The lowest BCUT2D eigenvalue weighted by Gasteiger charge is -2.20. The van der Waals surface area contributed by atoms with E-state index < -0.39 is 12.4 Å². The van der Waals surface area contributed by atoms with Crippen LogP contribution in [-0.4, -0.2) is 27.7 Å². The molecule has 0 heterocycles. The molecule has 0 amide bonds. The van der Waals surface area contributed by atoms with Crippen LogP contribution < -0.4 is 24.7 Å². The maximum absolute atomic E-state index is 12.2. The first kappa shape index (κ1) is 21.7. The van der Waals surface area contributed by atoms with Gasteiger partial charge in [0, 0.05) is 12.1 Å². The number of ether oxygens (including phenoxy) is 4. The van der Waals surface area contributed by atoms with Crippen molar-refractivity contribution in [1.82, 2.24) is 0 Å². The molecular formula is C17H19ClF3NO4. The van der Waals surface area contributed by atoms with Gasteiger partial charge in [-0.2, -0.15) is 0 Å². The number of nitrogens with two attached hydrogens (primary N) is 1. The lowest BCUT2D eigenvalue weighted by atomic mass is 9.97. The third-order valence-electron chi connectivity index (χ3n) is 3.54. The largest absolute Gasteiger partial charge is 0.573 e. The van der Waals surface area contributed by atoms with Gasteiger partial charge in [-0.3, -0.25) is 0 Å². The Balaban J connectivity index is 0.00000338. The molecule has 0 saturated carbocycles. The van der Waals surface area contributed by atoms with E-state index in [1.807, 2.05) is 0 Å². The quantitative estimate of drug-likeness (QED) is 0.801. The van der Waals surface area contributed by atoms with Crippen molar-refractivity contribution in [2.45, 2.75) is 12.4 Å². The average molecular weight is 394 g/mol. The van der Waals surface area contributed by atoms with Crippen LogP contribution in [-0.2, 0) is 0 Å². The van der Waals surface area contributed by atoms with Crippen LogP contribution in [0.5, 0.6) is 23.0 Å². The summed E-state index contributed by atoms with van der Waals surface area (Å²) in [5.74, 6) is 1.09. The average Bonchev–Trinajstić information content (AvgIpc) is 2.59. The van der Waals surface area contributed by atoms with E-state index in [0.717, 1.165) is 0 Å². The SMILES string of the molecule is COc1cc(OC)c([C@@H](N)c2ccc(OC(F)(F)F)cc2)c(OC)c1.Cl. The topological polar surface area (TPSA) is 62.9 Å². The zero-order chi connectivity index (χ0) is 18.6. The number of alkyl halides is 3.